The summed E-state index contributed by atoms with van der Waals surface area (Å²) < 4.78 is 0. The Labute approximate surface area is 105 Å². The number of aliphatic hydroxyl groups excluding tert-OH is 1. The molecule has 0 saturated heterocycles. The molecular formula is C12H17N3OS. The first kappa shape index (κ1) is 12.4. The van der Waals surface area contributed by atoms with Crippen molar-refractivity contribution in [3.05, 3.63) is 23.8 Å². The molecule has 1 unspecified atom stereocenters. The molecule has 1 atom stereocenters. The van der Waals surface area contributed by atoms with E-state index in [2.05, 4.69) is 29.0 Å². The molecule has 92 valence electrons. The Hall–Kier alpha value is -1.04. The Bertz CT molecular complexity index is 497. The third-order valence-corrected chi connectivity index (χ3v) is 3.48. The molecule has 4 nitrogen and oxygen atoms in total. The Morgan fingerprint density at radius 2 is 2.35 bits per heavy atom. The number of thioether (sulfide) groups is 1. The van der Waals surface area contributed by atoms with E-state index in [-0.39, 0.29) is 0 Å². The molecule has 2 aromatic rings. The van der Waals surface area contributed by atoms with E-state index in [0.717, 1.165) is 21.9 Å². The summed E-state index contributed by atoms with van der Waals surface area (Å²) in [4.78, 5) is 7.74. The zero-order valence-electron chi connectivity index (χ0n) is 9.81. The summed E-state index contributed by atoms with van der Waals surface area (Å²) in [5.41, 5.74) is 8.61. The van der Waals surface area contributed by atoms with Gasteiger partial charge in [-0.05, 0) is 31.0 Å². The molecule has 5 heteroatoms. The van der Waals surface area contributed by atoms with E-state index in [9.17, 15) is 5.11 Å². The van der Waals surface area contributed by atoms with E-state index in [0.29, 0.717) is 13.0 Å². The first-order valence-corrected chi connectivity index (χ1v) is 6.65. The van der Waals surface area contributed by atoms with Crippen molar-refractivity contribution in [1.82, 2.24) is 9.97 Å². The van der Waals surface area contributed by atoms with Gasteiger partial charge in [0.1, 0.15) is 0 Å². The molecule has 4 N–H and O–H groups in total. The Kier molecular flexibility index (Phi) is 4.04. The predicted octanol–water partition coefficient (Wildman–Crippen LogP) is 1.67. The topological polar surface area (TPSA) is 74.9 Å². The molecule has 0 amide bonds. The minimum atomic E-state index is -0.408. The number of benzene rings is 1. The van der Waals surface area contributed by atoms with Gasteiger partial charge >= 0.3 is 0 Å². The molecule has 1 aromatic heterocycles. The van der Waals surface area contributed by atoms with Crippen LogP contribution in [-0.2, 0) is 0 Å². The van der Waals surface area contributed by atoms with E-state index >= 15 is 0 Å². The van der Waals surface area contributed by atoms with Gasteiger partial charge in [-0.25, -0.2) is 4.98 Å². The Morgan fingerprint density at radius 1 is 1.53 bits per heavy atom. The largest absolute Gasteiger partial charge is 0.392 e. The number of H-pyrrole nitrogens is 1. The normalized spacial score (nSPS) is 13.1. The number of aromatic nitrogens is 2. The fraction of sp³-hybridized carbons (Fsp3) is 0.417. The van der Waals surface area contributed by atoms with Crippen LogP contribution >= 0.6 is 11.8 Å². The van der Waals surface area contributed by atoms with Crippen molar-refractivity contribution in [1.29, 1.82) is 0 Å². The fourth-order valence-corrected chi connectivity index (χ4v) is 2.51. The number of imidazole rings is 1. The van der Waals surface area contributed by atoms with Gasteiger partial charge in [0, 0.05) is 12.3 Å². The van der Waals surface area contributed by atoms with Crippen molar-refractivity contribution in [3.8, 4) is 0 Å². The first-order chi connectivity index (χ1) is 8.19. The number of fused-ring (bicyclic) bond motifs is 1. The third kappa shape index (κ3) is 3.21. The summed E-state index contributed by atoms with van der Waals surface area (Å²) >= 11 is 1.61. The molecule has 1 aromatic carbocycles. The van der Waals surface area contributed by atoms with E-state index in [4.69, 9.17) is 5.73 Å². The number of hydrogen-bond donors (Lipinski definition) is 3. The highest BCUT2D eigenvalue weighted by Crippen LogP contribution is 2.21. The van der Waals surface area contributed by atoms with Crippen LogP contribution in [-0.4, -0.2) is 33.5 Å². The van der Waals surface area contributed by atoms with Gasteiger partial charge in [0.2, 0.25) is 0 Å². The fourth-order valence-electron chi connectivity index (χ4n) is 1.58. The average molecular weight is 251 g/mol. The maximum atomic E-state index is 9.34. The summed E-state index contributed by atoms with van der Waals surface area (Å²) in [5, 5.41) is 10.2. The van der Waals surface area contributed by atoms with Crippen molar-refractivity contribution in [3.63, 3.8) is 0 Å². The second kappa shape index (κ2) is 5.53. The van der Waals surface area contributed by atoms with Crippen molar-refractivity contribution in [2.24, 2.45) is 5.73 Å². The van der Waals surface area contributed by atoms with Gasteiger partial charge in [-0.15, -0.1) is 0 Å². The van der Waals surface area contributed by atoms with Gasteiger partial charge in [0.15, 0.2) is 5.16 Å². The Morgan fingerprint density at radius 3 is 3.12 bits per heavy atom. The van der Waals surface area contributed by atoms with E-state index in [1.807, 2.05) is 6.07 Å². The van der Waals surface area contributed by atoms with E-state index < -0.39 is 6.10 Å². The van der Waals surface area contributed by atoms with Crippen LogP contribution in [0, 0.1) is 6.92 Å². The van der Waals surface area contributed by atoms with Crippen LogP contribution in [0.25, 0.3) is 11.0 Å². The molecular weight excluding hydrogens is 234 g/mol. The minimum Gasteiger partial charge on any atom is -0.392 e. The quantitative estimate of drug-likeness (QED) is 0.707. The third-order valence-electron chi connectivity index (χ3n) is 2.58. The van der Waals surface area contributed by atoms with Crippen molar-refractivity contribution in [2.45, 2.75) is 24.6 Å². The molecule has 0 fully saturated rings. The molecule has 0 bridgehead atoms. The maximum absolute atomic E-state index is 9.34. The molecule has 0 radical (unpaired) electrons. The van der Waals surface area contributed by atoms with E-state index in [1.54, 1.807) is 11.8 Å². The van der Waals surface area contributed by atoms with Gasteiger partial charge in [0.05, 0.1) is 17.1 Å². The lowest BCUT2D eigenvalue weighted by atomic mass is 10.2. The molecule has 17 heavy (non-hydrogen) atoms. The zero-order valence-corrected chi connectivity index (χ0v) is 10.6. The summed E-state index contributed by atoms with van der Waals surface area (Å²) in [7, 11) is 0. The lowest BCUT2D eigenvalue weighted by Crippen LogP contribution is -2.20. The molecule has 0 spiro atoms. The van der Waals surface area contributed by atoms with E-state index in [1.165, 1.54) is 5.56 Å². The van der Waals surface area contributed by atoms with Crippen molar-refractivity contribution >= 4 is 22.8 Å². The number of nitrogens with two attached hydrogens (primary N) is 1. The average Bonchev–Trinajstić information content (AvgIpc) is 2.70. The molecule has 0 aliphatic rings. The Balaban J connectivity index is 1.99. The molecule has 0 aliphatic carbocycles. The standard InChI is InChI=1S/C12H17N3OS/c1-8-2-3-10-11(6-8)15-12(14-10)17-5-4-9(16)7-13/h2-3,6,9,16H,4-5,7,13H2,1H3,(H,14,15). The SMILES string of the molecule is Cc1ccc2nc(SCCC(O)CN)[nH]c2c1. The molecule has 0 saturated carbocycles. The first-order valence-electron chi connectivity index (χ1n) is 5.66. The number of rotatable bonds is 5. The molecule has 0 aliphatic heterocycles. The van der Waals surface area contributed by atoms with Crippen LogP contribution in [0.3, 0.4) is 0 Å². The van der Waals surface area contributed by atoms with Crippen molar-refractivity contribution in [2.75, 3.05) is 12.3 Å². The van der Waals surface area contributed by atoms with Crippen LogP contribution < -0.4 is 5.73 Å². The number of aliphatic hydroxyl groups is 1. The van der Waals surface area contributed by atoms with Gasteiger partial charge in [-0.3, -0.25) is 0 Å². The van der Waals surface area contributed by atoms with Crippen LogP contribution in [0.15, 0.2) is 23.4 Å². The maximum Gasteiger partial charge on any atom is 0.166 e. The van der Waals surface area contributed by atoms with Gasteiger partial charge < -0.3 is 15.8 Å². The summed E-state index contributed by atoms with van der Waals surface area (Å²) in [6.07, 6.45) is 0.283. The van der Waals surface area contributed by atoms with Crippen LogP contribution in [0.1, 0.15) is 12.0 Å². The summed E-state index contributed by atoms with van der Waals surface area (Å²) in [6, 6.07) is 6.15. The summed E-state index contributed by atoms with van der Waals surface area (Å²) in [6.45, 7) is 2.38. The second-order valence-electron chi connectivity index (χ2n) is 4.09. The van der Waals surface area contributed by atoms with Gasteiger partial charge in [-0.1, -0.05) is 17.8 Å². The van der Waals surface area contributed by atoms with Crippen LogP contribution in [0.5, 0.6) is 0 Å². The number of aromatic amines is 1. The number of hydrogen-bond acceptors (Lipinski definition) is 4. The number of aryl methyl sites for hydroxylation is 1. The van der Waals surface area contributed by atoms with Gasteiger partial charge in [-0.2, -0.15) is 0 Å². The molecule has 1 heterocycles. The second-order valence-corrected chi connectivity index (χ2v) is 5.17. The van der Waals surface area contributed by atoms with Crippen LogP contribution in [0.4, 0.5) is 0 Å². The monoisotopic (exact) mass is 251 g/mol. The molecule has 2 rings (SSSR count). The van der Waals surface area contributed by atoms with Gasteiger partial charge in [0.25, 0.3) is 0 Å². The minimum absolute atomic E-state index is 0.319. The number of nitrogens with zero attached hydrogens (tertiary/aromatic N) is 1. The lowest BCUT2D eigenvalue weighted by Gasteiger charge is -2.04. The highest BCUT2D eigenvalue weighted by Gasteiger charge is 2.05. The van der Waals surface area contributed by atoms with Crippen LogP contribution in [0.2, 0.25) is 0 Å². The highest BCUT2D eigenvalue weighted by atomic mass is 32.2. The lowest BCUT2D eigenvalue weighted by molar-refractivity contribution is 0.180. The highest BCUT2D eigenvalue weighted by molar-refractivity contribution is 7.99. The predicted molar refractivity (Wildman–Crippen MR) is 71.2 cm³/mol. The number of nitrogens with one attached hydrogen (secondary N) is 1. The summed E-state index contributed by atoms with van der Waals surface area (Å²) in [5.74, 6) is 0.817. The van der Waals surface area contributed by atoms with Crippen molar-refractivity contribution < 1.29 is 5.11 Å². The smallest absolute Gasteiger partial charge is 0.166 e. The zero-order chi connectivity index (χ0) is 12.3.